The quantitative estimate of drug-likeness (QED) is 0.903. The molecule has 0 aliphatic carbocycles. The van der Waals surface area contributed by atoms with Crippen molar-refractivity contribution in [3.63, 3.8) is 0 Å². The Balaban J connectivity index is 2.08. The molecule has 90 valence electrons. The summed E-state index contributed by atoms with van der Waals surface area (Å²) in [6, 6.07) is 5.29. The normalized spacial score (nSPS) is 10.5. The number of rotatable bonds is 4. The summed E-state index contributed by atoms with van der Waals surface area (Å²) in [6.07, 6.45) is 0. The van der Waals surface area contributed by atoms with Gasteiger partial charge in [0.2, 0.25) is 0 Å². The molecule has 0 saturated carbocycles. The first-order valence-corrected chi connectivity index (χ1v) is 5.47. The standard InChI is InChI=1S/C11H12ClN3O2/c1-7-14-11(17-15-7)6-16-10-3-2-9(12)4-8(10)5-13/h2-4H,5-6,13H2,1H3. The van der Waals surface area contributed by atoms with Crippen molar-refractivity contribution < 1.29 is 9.26 Å². The Hall–Kier alpha value is -1.59. The van der Waals surface area contributed by atoms with E-state index in [9.17, 15) is 0 Å². The van der Waals surface area contributed by atoms with E-state index >= 15 is 0 Å². The van der Waals surface area contributed by atoms with Crippen LogP contribution in [-0.4, -0.2) is 10.1 Å². The molecule has 5 nitrogen and oxygen atoms in total. The minimum absolute atomic E-state index is 0.218. The minimum Gasteiger partial charge on any atom is -0.483 e. The number of benzene rings is 1. The van der Waals surface area contributed by atoms with Gasteiger partial charge in [0.25, 0.3) is 5.89 Å². The van der Waals surface area contributed by atoms with E-state index < -0.39 is 0 Å². The molecule has 0 spiro atoms. The highest BCUT2D eigenvalue weighted by Crippen LogP contribution is 2.23. The maximum atomic E-state index is 5.86. The molecule has 2 rings (SSSR count). The molecule has 0 atom stereocenters. The zero-order chi connectivity index (χ0) is 12.3. The third-order valence-corrected chi connectivity index (χ3v) is 2.40. The van der Waals surface area contributed by atoms with Crippen molar-refractivity contribution in [3.05, 3.63) is 40.5 Å². The number of aromatic nitrogens is 2. The zero-order valence-corrected chi connectivity index (χ0v) is 10.1. The molecule has 0 unspecified atom stereocenters. The summed E-state index contributed by atoms with van der Waals surface area (Å²) < 4.78 is 10.5. The molecular formula is C11H12ClN3O2. The van der Waals surface area contributed by atoms with Crippen molar-refractivity contribution in [2.24, 2.45) is 5.73 Å². The van der Waals surface area contributed by atoms with E-state index in [1.54, 1.807) is 25.1 Å². The highest BCUT2D eigenvalue weighted by atomic mass is 35.5. The van der Waals surface area contributed by atoms with E-state index in [0.717, 1.165) is 5.56 Å². The van der Waals surface area contributed by atoms with E-state index in [1.165, 1.54) is 0 Å². The largest absolute Gasteiger partial charge is 0.483 e. The molecule has 0 amide bonds. The molecular weight excluding hydrogens is 242 g/mol. The number of aryl methyl sites for hydroxylation is 1. The molecule has 0 radical (unpaired) electrons. The Kier molecular flexibility index (Phi) is 3.61. The maximum Gasteiger partial charge on any atom is 0.264 e. The van der Waals surface area contributed by atoms with E-state index in [4.69, 9.17) is 26.6 Å². The van der Waals surface area contributed by atoms with Crippen LogP contribution in [0, 0.1) is 6.92 Å². The van der Waals surface area contributed by atoms with Crippen LogP contribution in [0.4, 0.5) is 0 Å². The Morgan fingerprint density at radius 3 is 2.94 bits per heavy atom. The molecule has 1 aromatic heterocycles. The first-order chi connectivity index (χ1) is 8.19. The van der Waals surface area contributed by atoms with Crippen LogP contribution >= 0.6 is 11.6 Å². The van der Waals surface area contributed by atoms with Crippen LogP contribution in [0.3, 0.4) is 0 Å². The third-order valence-electron chi connectivity index (χ3n) is 2.16. The number of ether oxygens (including phenoxy) is 1. The van der Waals surface area contributed by atoms with Crippen LogP contribution in [-0.2, 0) is 13.2 Å². The zero-order valence-electron chi connectivity index (χ0n) is 9.31. The second-order valence-corrected chi connectivity index (χ2v) is 3.92. The second kappa shape index (κ2) is 5.16. The van der Waals surface area contributed by atoms with Crippen molar-refractivity contribution in [1.82, 2.24) is 10.1 Å². The second-order valence-electron chi connectivity index (χ2n) is 3.48. The van der Waals surface area contributed by atoms with Crippen LogP contribution in [0.25, 0.3) is 0 Å². The molecule has 17 heavy (non-hydrogen) atoms. The Morgan fingerprint density at radius 2 is 2.29 bits per heavy atom. The topological polar surface area (TPSA) is 74.2 Å². The van der Waals surface area contributed by atoms with E-state index in [-0.39, 0.29) is 6.61 Å². The average Bonchev–Trinajstić information content (AvgIpc) is 2.73. The lowest BCUT2D eigenvalue weighted by Gasteiger charge is -2.08. The van der Waals surface area contributed by atoms with Gasteiger partial charge in [-0.1, -0.05) is 16.8 Å². The number of hydrogen-bond acceptors (Lipinski definition) is 5. The van der Waals surface area contributed by atoms with Crippen LogP contribution in [0.1, 0.15) is 17.3 Å². The monoisotopic (exact) mass is 253 g/mol. The van der Waals surface area contributed by atoms with Gasteiger partial charge in [0.05, 0.1) is 0 Å². The molecule has 2 aromatic rings. The number of nitrogens with zero attached hydrogens (tertiary/aromatic N) is 2. The summed E-state index contributed by atoms with van der Waals surface area (Å²) in [5.74, 6) is 1.69. The van der Waals surface area contributed by atoms with Gasteiger partial charge in [0.15, 0.2) is 12.4 Å². The fourth-order valence-corrected chi connectivity index (χ4v) is 1.58. The molecule has 0 aliphatic heterocycles. The van der Waals surface area contributed by atoms with Crippen molar-refractivity contribution in [1.29, 1.82) is 0 Å². The lowest BCUT2D eigenvalue weighted by molar-refractivity contribution is 0.241. The summed E-state index contributed by atoms with van der Waals surface area (Å²) in [4.78, 5) is 4.04. The summed E-state index contributed by atoms with van der Waals surface area (Å²) in [7, 11) is 0. The molecule has 0 saturated heterocycles. The van der Waals surface area contributed by atoms with E-state index in [2.05, 4.69) is 10.1 Å². The van der Waals surface area contributed by atoms with Gasteiger partial charge in [0.1, 0.15) is 5.75 Å². The number of hydrogen-bond donors (Lipinski definition) is 1. The van der Waals surface area contributed by atoms with Crippen molar-refractivity contribution in [3.8, 4) is 5.75 Å². The first kappa shape index (κ1) is 11.9. The summed E-state index contributed by atoms with van der Waals surface area (Å²) in [5, 5.41) is 4.30. The van der Waals surface area contributed by atoms with Crippen LogP contribution in [0.5, 0.6) is 5.75 Å². The van der Waals surface area contributed by atoms with Crippen LogP contribution in [0.2, 0.25) is 5.02 Å². The average molecular weight is 254 g/mol. The summed E-state index contributed by atoms with van der Waals surface area (Å²) in [5.41, 5.74) is 6.44. The van der Waals surface area contributed by atoms with Crippen molar-refractivity contribution in [2.45, 2.75) is 20.1 Å². The molecule has 0 bridgehead atoms. The van der Waals surface area contributed by atoms with Gasteiger partial charge in [-0.25, -0.2) is 0 Å². The highest BCUT2D eigenvalue weighted by molar-refractivity contribution is 6.30. The van der Waals surface area contributed by atoms with Crippen LogP contribution < -0.4 is 10.5 Å². The fourth-order valence-electron chi connectivity index (χ4n) is 1.39. The Morgan fingerprint density at radius 1 is 1.47 bits per heavy atom. The first-order valence-electron chi connectivity index (χ1n) is 5.09. The van der Waals surface area contributed by atoms with Gasteiger partial charge in [-0.2, -0.15) is 4.98 Å². The van der Waals surface area contributed by atoms with Crippen molar-refractivity contribution in [2.75, 3.05) is 0 Å². The van der Waals surface area contributed by atoms with Gasteiger partial charge in [-0.3, -0.25) is 0 Å². The molecule has 6 heteroatoms. The van der Waals surface area contributed by atoms with Gasteiger partial charge in [0, 0.05) is 17.1 Å². The summed E-state index contributed by atoms with van der Waals surface area (Å²) >= 11 is 5.86. The van der Waals surface area contributed by atoms with Gasteiger partial charge in [-0.05, 0) is 25.1 Å². The fraction of sp³-hybridized carbons (Fsp3) is 0.273. The van der Waals surface area contributed by atoms with E-state index in [1.807, 2.05) is 0 Å². The third kappa shape index (κ3) is 2.95. The lowest BCUT2D eigenvalue weighted by Crippen LogP contribution is -2.03. The Bertz CT molecular complexity index is 513. The molecule has 1 aromatic carbocycles. The predicted molar refractivity (Wildman–Crippen MR) is 62.7 cm³/mol. The molecule has 0 fully saturated rings. The molecule has 1 heterocycles. The van der Waals surface area contributed by atoms with Gasteiger partial charge >= 0.3 is 0 Å². The summed E-state index contributed by atoms with van der Waals surface area (Å²) in [6.45, 7) is 2.33. The van der Waals surface area contributed by atoms with E-state index in [0.29, 0.717) is 29.0 Å². The number of halogens is 1. The number of nitrogens with two attached hydrogens (primary N) is 1. The van der Waals surface area contributed by atoms with Gasteiger partial charge in [-0.15, -0.1) is 0 Å². The smallest absolute Gasteiger partial charge is 0.264 e. The lowest BCUT2D eigenvalue weighted by atomic mass is 10.2. The molecule has 0 aliphatic rings. The predicted octanol–water partition coefficient (Wildman–Crippen LogP) is 2.07. The Labute approximate surface area is 104 Å². The molecule has 2 N–H and O–H groups in total. The van der Waals surface area contributed by atoms with Crippen molar-refractivity contribution >= 4 is 11.6 Å². The maximum absolute atomic E-state index is 5.86. The minimum atomic E-state index is 0.218. The van der Waals surface area contributed by atoms with Crippen LogP contribution in [0.15, 0.2) is 22.7 Å². The van der Waals surface area contributed by atoms with Gasteiger partial charge < -0.3 is 15.0 Å². The SMILES string of the molecule is Cc1noc(COc2ccc(Cl)cc2CN)n1. The highest BCUT2D eigenvalue weighted by Gasteiger charge is 2.07.